The van der Waals surface area contributed by atoms with Crippen molar-refractivity contribution in [1.82, 2.24) is 5.32 Å². The van der Waals surface area contributed by atoms with Crippen molar-refractivity contribution in [2.75, 3.05) is 12.3 Å². The van der Waals surface area contributed by atoms with E-state index in [0.29, 0.717) is 6.04 Å². The van der Waals surface area contributed by atoms with Crippen molar-refractivity contribution in [2.24, 2.45) is 0 Å². The fourth-order valence-electron chi connectivity index (χ4n) is 1.99. The topological polar surface area (TPSA) is 12.0 Å². The van der Waals surface area contributed by atoms with Gasteiger partial charge >= 0.3 is 0 Å². The molecule has 0 amide bonds. The Morgan fingerprint density at radius 3 is 2.40 bits per heavy atom. The quantitative estimate of drug-likeness (QED) is 0.708. The molecule has 2 rings (SSSR count). The second kappa shape index (κ2) is 8.35. The van der Waals surface area contributed by atoms with Gasteiger partial charge < -0.3 is 5.32 Å². The van der Waals surface area contributed by atoms with E-state index in [-0.39, 0.29) is 0 Å². The zero-order valence-corrected chi connectivity index (χ0v) is 13.3. The number of hydrogen-bond acceptors (Lipinski definition) is 2. The number of halogens is 1. The molecule has 0 saturated heterocycles. The molecule has 0 saturated carbocycles. The Labute approximate surface area is 130 Å². The maximum Gasteiger partial charge on any atom is 0.0415 e. The molecule has 0 heterocycles. The summed E-state index contributed by atoms with van der Waals surface area (Å²) in [7, 11) is 0. The molecule has 0 aromatic heterocycles. The van der Waals surface area contributed by atoms with Gasteiger partial charge in [-0.1, -0.05) is 48.9 Å². The third-order valence-electron chi connectivity index (χ3n) is 3.07. The lowest BCUT2D eigenvalue weighted by molar-refractivity contribution is 0.577. The number of nitrogens with one attached hydrogen (secondary N) is 1. The first-order valence-electron chi connectivity index (χ1n) is 6.96. The van der Waals surface area contributed by atoms with E-state index in [1.165, 1.54) is 10.5 Å². The summed E-state index contributed by atoms with van der Waals surface area (Å²) in [4.78, 5) is 1.26. The molecule has 2 aromatic carbocycles. The molecule has 1 N–H and O–H groups in total. The van der Waals surface area contributed by atoms with Crippen LogP contribution in [0.3, 0.4) is 0 Å². The Balaban J connectivity index is 1.99. The van der Waals surface area contributed by atoms with Gasteiger partial charge in [0.05, 0.1) is 0 Å². The second-order valence-electron chi connectivity index (χ2n) is 4.68. The molecule has 20 heavy (non-hydrogen) atoms. The summed E-state index contributed by atoms with van der Waals surface area (Å²) in [6, 6.07) is 19.1. The van der Waals surface area contributed by atoms with Crippen LogP contribution < -0.4 is 5.32 Å². The lowest BCUT2D eigenvalue weighted by atomic mass is 10.1. The largest absolute Gasteiger partial charge is 0.309 e. The summed E-state index contributed by atoms with van der Waals surface area (Å²) < 4.78 is 0. The maximum absolute atomic E-state index is 5.92. The fraction of sp³-hybridized carbons (Fsp3) is 0.294. The van der Waals surface area contributed by atoms with E-state index in [0.717, 1.165) is 23.7 Å². The van der Waals surface area contributed by atoms with Crippen LogP contribution in [0.4, 0.5) is 0 Å². The van der Waals surface area contributed by atoms with Crippen molar-refractivity contribution in [2.45, 2.75) is 24.3 Å². The summed E-state index contributed by atoms with van der Waals surface area (Å²) in [6.45, 7) is 3.24. The van der Waals surface area contributed by atoms with Gasteiger partial charge in [-0.15, -0.1) is 11.8 Å². The normalized spacial score (nSPS) is 12.3. The molecule has 1 nitrogen and oxygen atoms in total. The lowest BCUT2D eigenvalue weighted by Gasteiger charge is -2.18. The van der Waals surface area contributed by atoms with Crippen molar-refractivity contribution >= 4 is 23.4 Å². The van der Waals surface area contributed by atoms with Crippen LogP contribution >= 0.6 is 23.4 Å². The predicted octanol–water partition coefficient (Wildman–Crippen LogP) is 5.17. The van der Waals surface area contributed by atoms with Crippen molar-refractivity contribution in [3.05, 3.63) is 65.2 Å². The average Bonchev–Trinajstić information content (AvgIpc) is 2.50. The third kappa shape index (κ3) is 4.86. The van der Waals surface area contributed by atoms with Gasteiger partial charge in [-0.3, -0.25) is 0 Å². The minimum Gasteiger partial charge on any atom is -0.309 e. The molecule has 0 aliphatic carbocycles. The highest BCUT2D eigenvalue weighted by atomic mass is 35.5. The van der Waals surface area contributed by atoms with Gasteiger partial charge in [0.25, 0.3) is 0 Å². The lowest BCUT2D eigenvalue weighted by Crippen LogP contribution is -2.24. The molecule has 0 radical (unpaired) electrons. The monoisotopic (exact) mass is 305 g/mol. The zero-order chi connectivity index (χ0) is 14.2. The summed E-state index contributed by atoms with van der Waals surface area (Å²) in [5, 5.41) is 4.41. The van der Waals surface area contributed by atoms with Crippen LogP contribution in [0.5, 0.6) is 0 Å². The van der Waals surface area contributed by atoms with Crippen LogP contribution in [0.2, 0.25) is 5.02 Å². The number of benzene rings is 2. The van der Waals surface area contributed by atoms with Gasteiger partial charge in [-0.2, -0.15) is 0 Å². The second-order valence-corrected chi connectivity index (χ2v) is 6.21. The molecule has 3 heteroatoms. The van der Waals surface area contributed by atoms with Crippen molar-refractivity contribution < 1.29 is 0 Å². The molecular weight excluding hydrogens is 286 g/mol. The summed E-state index contributed by atoms with van der Waals surface area (Å²) >= 11 is 7.78. The average molecular weight is 306 g/mol. The molecule has 2 aromatic rings. The van der Waals surface area contributed by atoms with Gasteiger partial charge in [0.2, 0.25) is 0 Å². The Morgan fingerprint density at radius 1 is 1.05 bits per heavy atom. The molecule has 0 aliphatic rings. The van der Waals surface area contributed by atoms with E-state index in [9.17, 15) is 0 Å². The van der Waals surface area contributed by atoms with Crippen molar-refractivity contribution in [3.8, 4) is 0 Å². The van der Waals surface area contributed by atoms with E-state index in [2.05, 4.69) is 54.7 Å². The summed E-state index contributed by atoms with van der Waals surface area (Å²) in [5.41, 5.74) is 1.35. The van der Waals surface area contributed by atoms with Gasteiger partial charge in [0.1, 0.15) is 0 Å². The number of rotatable bonds is 7. The van der Waals surface area contributed by atoms with Crippen LogP contribution in [0.25, 0.3) is 0 Å². The highest BCUT2D eigenvalue weighted by molar-refractivity contribution is 7.99. The van der Waals surface area contributed by atoms with Crippen LogP contribution in [0.1, 0.15) is 24.9 Å². The van der Waals surface area contributed by atoms with E-state index in [1.807, 2.05) is 23.9 Å². The minimum atomic E-state index is 0.386. The Kier molecular flexibility index (Phi) is 6.44. The fourth-order valence-corrected chi connectivity index (χ4v) is 3.11. The Hall–Kier alpha value is -0.960. The van der Waals surface area contributed by atoms with Crippen LogP contribution in [0.15, 0.2) is 59.5 Å². The predicted molar refractivity (Wildman–Crippen MR) is 89.7 cm³/mol. The molecule has 106 valence electrons. The first-order chi connectivity index (χ1) is 9.79. The van der Waals surface area contributed by atoms with Crippen LogP contribution in [-0.4, -0.2) is 12.3 Å². The molecule has 0 bridgehead atoms. The number of hydrogen-bond donors (Lipinski definition) is 1. The van der Waals surface area contributed by atoms with Gasteiger partial charge in [0, 0.05) is 21.7 Å². The molecule has 0 fully saturated rings. The molecular formula is C17H20ClNS. The van der Waals surface area contributed by atoms with Crippen molar-refractivity contribution in [1.29, 1.82) is 0 Å². The first-order valence-corrected chi connectivity index (χ1v) is 8.32. The molecule has 0 aliphatic heterocycles. The summed E-state index contributed by atoms with van der Waals surface area (Å²) in [5.74, 6) is 1.02. The van der Waals surface area contributed by atoms with Crippen LogP contribution in [-0.2, 0) is 0 Å². The van der Waals surface area contributed by atoms with E-state index < -0.39 is 0 Å². The van der Waals surface area contributed by atoms with Crippen molar-refractivity contribution in [3.63, 3.8) is 0 Å². The van der Waals surface area contributed by atoms with E-state index in [1.54, 1.807) is 0 Å². The minimum absolute atomic E-state index is 0.386. The number of thioether (sulfide) groups is 1. The SMILES string of the molecule is CCCNC(CSc1ccc(Cl)cc1)c1ccccc1. The maximum atomic E-state index is 5.92. The smallest absolute Gasteiger partial charge is 0.0415 e. The molecule has 0 spiro atoms. The van der Waals surface area contributed by atoms with Crippen LogP contribution in [0, 0.1) is 0 Å². The summed E-state index contributed by atoms with van der Waals surface area (Å²) in [6.07, 6.45) is 1.15. The van der Waals surface area contributed by atoms with Gasteiger partial charge in [-0.25, -0.2) is 0 Å². The third-order valence-corrected chi connectivity index (χ3v) is 4.43. The Morgan fingerprint density at radius 2 is 1.75 bits per heavy atom. The van der Waals surface area contributed by atoms with Gasteiger partial charge in [0.15, 0.2) is 0 Å². The van der Waals surface area contributed by atoms with Gasteiger partial charge in [-0.05, 0) is 42.8 Å². The molecule has 1 atom stereocenters. The molecule has 1 unspecified atom stereocenters. The highest BCUT2D eigenvalue weighted by Crippen LogP contribution is 2.25. The van der Waals surface area contributed by atoms with E-state index in [4.69, 9.17) is 11.6 Å². The van der Waals surface area contributed by atoms with E-state index >= 15 is 0 Å². The highest BCUT2D eigenvalue weighted by Gasteiger charge is 2.10. The first kappa shape index (κ1) is 15.4. The standard InChI is InChI=1S/C17H20ClNS/c1-2-12-19-17(14-6-4-3-5-7-14)13-20-16-10-8-15(18)9-11-16/h3-11,17,19H,2,12-13H2,1H3. The zero-order valence-electron chi connectivity index (χ0n) is 11.7. The Bertz CT molecular complexity index is 498.